The molecule has 0 bridgehead atoms. The molecule has 0 aromatic heterocycles. The fourth-order valence-electron chi connectivity index (χ4n) is 1.98. The smallest absolute Gasteiger partial charge is 0.228 e. The SMILES string of the molecule is CN(C)c1ccc(Cl)cc1NC(=O)Cc1ccc(Br)cc1. The summed E-state index contributed by atoms with van der Waals surface area (Å²) in [5.41, 5.74) is 2.60. The third-order valence-corrected chi connectivity index (χ3v) is 3.76. The molecule has 0 unspecified atom stereocenters. The Morgan fingerprint density at radius 1 is 1.19 bits per heavy atom. The number of hydrogen-bond donors (Lipinski definition) is 1. The van der Waals surface area contributed by atoms with Crippen LogP contribution < -0.4 is 10.2 Å². The fourth-order valence-corrected chi connectivity index (χ4v) is 2.42. The van der Waals surface area contributed by atoms with Gasteiger partial charge in [-0.25, -0.2) is 0 Å². The summed E-state index contributed by atoms with van der Waals surface area (Å²) in [5.74, 6) is -0.0670. The number of nitrogens with zero attached hydrogens (tertiary/aromatic N) is 1. The van der Waals surface area contributed by atoms with Crippen molar-refractivity contribution in [3.05, 3.63) is 57.5 Å². The zero-order valence-corrected chi connectivity index (χ0v) is 14.2. The number of anilines is 2. The van der Waals surface area contributed by atoms with Crippen molar-refractivity contribution in [2.75, 3.05) is 24.3 Å². The van der Waals surface area contributed by atoms with Crippen molar-refractivity contribution in [2.24, 2.45) is 0 Å². The van der Waals surface area contributed by atoms with Crippen molar-refractivity contribution in [3.8, 4) is 0 Å². The molecule has 1 N–H and O–H groups in total. The van der Waals surface area contributed by atoms with E-state index in [0.29, 0.717) is 11.4 Å². The molecule has 0 saturated heterocycles. The van der Waals surface area contributed by atoms with Crippen molar-refractivity contribution in [2.45, 2.75) is 6.42 Å². The highest BCUT2D eigenvalue weighted by molar-refractivity contribution is 9.10. The number of amides is 1. The van der Waals surface area contributed by atoms with Gasteiger partial charge < -0.3 is 10.2 Å². The van der Waals surface area contributed by atoms with Crippen LogP contribution in [0.15, 0.2) is 46.9 Å². The summed E-state index contributed by atoms with van der Waals surface area (Å²) in [6.07, 6.45) is 0.326. The monoisotopic (exact) mass is 366 g/mol. The van der Waals surface area contributed by atoms with E-state index in [0.717, 1.165) is 21.4 Å². The third-order valence-electron chi connectivity index (χ3n) is 2.99. The van der Waals surface area contributed by atoms with Crippen LogP contribution in [0.4, 0.5) is 11.4 Å². The highest BCUT2D eigenvalue weighted by Gasteiger charge is 2.10. The molecule has 0 atom stereocenters. The van der Waals surface area contributed by atoms with Crippen LogP contribution >= 0.6 is 27.5 Å². The predicted molar refractivity (Wildman–Crippen MR) is 92.3 cm³/mol. The highest BCUT2D eigenvalue weighted by atomic mass is 79.9. The van der Waals surface area contributed by atoms with E-state index in [1.807, 2.05) is 49.3 Å². The molecule has 110 valence electrons. The van der Waals surface area contributed by atoms with Gasteiger partial charge in [-0.05, 0) is 35.9 Å². The maximum atomic E-state index is 12.2. The van der Waals surface area contributed by atoms with E-state index >= 15 is 0 Å². The van der Waals surface area contributed by atoms with Gasteiger partial charge in [-0.1, -0.05) is 39.7 Å². The zero-order chi connectivity index (χ0) is 15.4. The largest absolute Gasteiger partial charge is 0.376 e. The number of nitrogens with one attached hydrogen (secondary N) is 1. The first-order valence-electron chi connectivity index (χ1n) is 6.47. The predicted octanol–water partition coefficient (Wildman–Crippen LogP) is 4.35. The first-order valence-corrected chi connectivity index (χ1v) is 7.64. The van der Waals surface area contributed by atoms with Gasteiger partial charge in [0, 0.05) is 23.6 Å². The molecule has 0 spiro atoms. The average Bonchev–Trinajstić information content (AvgIpc) is 2.41. The van der Waals surface area contributed by atoms with Gasteiger partial charge in [-0.15, -0.1) is 0 Å². The van der Waals surface area contributed by atoms with Gasteiger partial charge in [0.05, 0.1) is 17.8 Å². The van der Waals surface area contributed by atoms with E-state index in [9.17, 15) is 4.79 Å². The van der Waals surface area contributed by atoms with Crippen LogP contribution in [0.3, 0.4) is 0 Å². The molecule has 0 radical (unpaired) electrons. The van der Waals surface area contributed by atoms with Crippen LogP contribution in [-0.2, 0) is 11.2 Å². The molecular weight excluding hydrogens is 352 g/mol. The van der Waals surface area contributed by atoms with E-state index in [1.165, 1.54) is 0 Å². The molecule has 0 aliphatic rings. The summed E-state index contributed by atoms with van der Waals surface area (Å²) in [7, 11) is 3.85. The molecule has 2 aromatic carbocycles. The Bertz CT molecular complexity index is 641. The molecule has 21 heavy (non-hydrogen) atoms. The number of hydrogen-bond acceptors (Lipinski definition) is 2. The minimum Gasteiger partial charge on any atom is -0.376 e. The maximum Gasteiger partial charge on any atom is 0.228 e. The van der Waals surface area contributed by atoms with Gasteiger partial charge in [0.2, 0.25) is 5.91 Å². The van der Waals surface area contributed by atoms with Crippen LogP contribution in [0.5, 0.6) is 0 Å². The van der Waals surface area contributed by atoms with Gasteiger partial charge >= 0.3 is 0 Å². The van der Waals surface area contributed by atoms with Crippen molar-refractivity contribution >= 4 is 44.8 Å². The summed E-state index contributed by atoms with van der Waals surface area (Å²) in [6, 6.07) is 13.2. The van der Waals surface area contributed by atoms with Crippen LogP contribution in [0.1, 0.15) is 5.56 Å². The Hall–Kier alpha value is -1.52. The molecule has 5 heteroatoms. The first-order chi connectivity index (χ1) is 9.95. The minimum atomic E-state index is -0.0670. The lowest BCUT2D eigenvalue weighted by atomic mass is 10.1. The number of rotatable bonds is 4. The summed E-state index contributed by atoms with van der Waals surface area (Å²) in [5, 5.41) is 3.52. The van der Waals surface area contributed by atoms with Crippen molar-refractivity contribution in [1.29, 1.82) is 0 Å². The van der Waals surface area contributed by atoms with Gasteiger partial charge in [-0.2, -0.15) is 0 Å². The molecule has 2 aromatic rings. The molecule has 0 saturated carbocycles. The molecule has 2 rings (SSSR count). The van der Waals surface area contributed by atoms with E-state index in [1.54, 1.807) is 12.1 Å². The number of carbonyl (C=O) groups excluding carboxylic acids is 1. The maximum absolute atomic E-state index is 12.2. The Labute approximate surface area is 138 Å². The second-order valence-electron chi connectivity index (χ2n) is 4.91. The summed E-state index contributed by atoms with van der Waals surface area (Å²) in [4.78, 5) is 14.1. The van der Waals surface area contributed by atoms with Crippen LogP contribution in [0, 0.1) is 0 Å². The van der Waals surface area contributed by atoms with Gasteiger partial charge in [-0.3, -0.25) is 4.79 Å². The van der Waals surface area contributed by atoms with Gasteiger partial charge in [0.1, 0.15) is 0 Å². The number of halogens is 2. The average molecular weight is 368 g/mol. The van der Waals surface area contributed by atoms with Gasteiger partial charge in [0.15, 0.2) is 0 Å². The van der Waals surface area contributed by atoms with Crippen molar-refractivity contribution < 1.29 is 4.79 Å². The van der Waals surface area contributed by atoms with Crippen LogP contribution in [-0.4, -0.2) is 20.0 Å². The quantitative estimate of drug-likeness (QED) is 0.871. The van der Waals surface area contributed by atoms with E-state index in [2.05, 4.69) is 21.2 Å². The normalized spacial score (nSPS) is 10.3. The lowest BCUT2D eigenvalue weighted by Gasteiger charge is -2.18. The number of carbonyl (C=O) groups is 1. The zero-order valence-electron chi connectivity index (χ0n) is 11.9. The fraction of sp³-hybridized carbons (Fsp3) is 0.188. The van der Waals surface area contributed by atoms with Crippen molar-refractivity contribution in [1.82, 2.24) is 0 Å². The lowest BCUT2D eigenvalue weighted by Crippen LogP contribution is -2.18. The molecule has 0 aliphatic heterocycles. The molecule has 0 heterocycles. The highest BCUT2D eigenvalue weighted by Crippen LogP contribution is 2.28. The summed E-state index contributed by atoms with van der Waals surface area (Å²) >= 11 is 9.39. The van der Waals surface area contributed by atoms with Crippen LogP contribution in [0.25, 0.3) is 0 Å². The van der Waals surface area contributed by atoms with E-state index in [4.69, 9.17) is 11.6 Å². The second-order valence-corrected chi connectivity index (χ2v) is 6.26. The lowest BCUT2D eigenvalue weighted by molar-refractivity contribution is -0.115. The molecule has 3 nitrogen and oxygen atoms in total. The first kappa shape index (κ1) is 15.9. The Balaban J connectivity index is 2.12. The molecule has 0 fully saturated rings. The summed E-state index contributed by atoms with van der Waals surface area (Å²) in [6.45, 7) is 0. The molecular formula is C16H16BrClN2O. The number of benzene rings is 2. The third kappa shape index (κ3) is 4.48. The topological polar surface area (TPSA) is 32.3 Å². The summed E-state index contributed by atoms with van der Waals surface area (Å²) < 4.78 is 0.997. The van der Waals surface area contributed by atoms with E-state index in [-0.39, 0.29) is 5.91 Å². The molecule has 0 aliphatic carbocycles. The Kier molecular flexibility index (Phi) is 5.26. The molecule has 1 amide bonds. The van der Waals surface area contributed by atoms with Crippen LogP contribution in [0.2, 0.25) is 5.02 Å². The standard InChI is InChI=1S/C16H16BrClN2O/c1-20(2)15-8-7-13(18)10-14(15)19-16(21)9-11-3-5-12(17)6-4-11/h3-8,10H,9H2,1-2H3,(H,19,21). The Morgan fingerprint density at radius 2 is 1.86 bits per heavy atom. The van der Waals surface area contributed by atoms with Crippen molar-refractivity contribution in [3.63, 3.8) is 0 Å². The van der Waals surface area contributed by atoms with Gasteiger partial charge in [0.25, 0.3) is 0 Å². The Morgan fingerprint density at radius 3 is 2.48 bits per heavy atom. The minimum absolute atomic E-state index is 0.0670. The second kappa shape index (κ2) is 6.96. The van der Waals surface area contributed by atoms with E-state index < -0.39 is 0 Å².